The molecule has 58 valence electrons. The van der Waals surface area contributed by atoms with E-state index >= 15 is 0 Å². The molecule has 0 aromatic heterocycles. The fourth-order valence-corrected chi connectivity index (χ4v) is 1.89. The second-order valence-corrected chi connectivity index (χ2v) is 3.39. The molecule has 1 unspecified atom stereocenters. The van der Waals surface area contributed by atoms with Gasteiger partial charge in [0.2, 0.25) is 0 Å². The Kier molecular flexibility index (Phi) is 1.66. The van der Waals surface area contributed by atoms with Gasteiger partial charge in [-0.15, -0.1) is 0 Å². The molecule has 2 nitrogen and oxygen atoms in total. The topological polar surface area (TPSA) is 21.3 Å². The van der Waals surface area contributed by atoms with Crippen LogP contribution >= 0.6 is 0 Å². The van der Waals surface area contributed by atoms with E-state index in [9.17, 15) is 0 Å². The van der Waals surface area contributed by atoms with Crippen LogP contribution in [0.2, 0.25) is 0 Å². The van der Waals surface area contributed by atoms with Crippen LogP contribution in [0, 0.1) is 0 Å². The first-order valence-corrected chi connectivity index (χ1v) is 4.26. The molecule has 0 amide bonds. The molecule has 0 bridgehead atoms. The van der Waals surface area contributed by atoms with Gasteiger partial charge in [0.05, 0.1) is 12.2 Å². The zero-order valence-electron chi connectivity index (χ0n) is 6.36. The summed E-state index contributed by atoms with van der Waals surface area (Å²) in [6.45, 7) is 3.34. The largest absolute Gasteiger partial charge is 0.375 e. The van der Waals surface area contributed by atoms with Gasteiger partial charge in [0.1, 0.15) is 0 Å². The molecule has 10 heavy (non-hydrogen) atoms. The number of ether oxygens (including phenoxy) is 1. The number of hydrogen-bond donors (Lipinski definition) is 1. The van der Waals surface area contributed by atoms with Gasteiger partial charge < -0.3 is 10.1 Å². The first kappa shape index (κ1) is 6.62. The first-order valence-electron chi connectivity index (χ1n) is 4.26. The molecule has 0 aliphatic carbocycles. The number of hydrogen-bond acceptors (Lipinski definition) is 2. The van der Waals surface area contributed by atoms with Gasteiger partial charge in [-0.25, -0.2) is 0 Å². The normalized spacial score (nSPS) is 40.8. The molecule has 0 saturated carbocycles. The predicted molar refractivity (Wildman–Crippen MR) is 40.0 cm³/mol. The molecule has 2 fully saturated rings. The Labute approximate surface area is 61.9 Å². The van der Waals surface area contributed by atoms with Crippen LogP contribution in [0.25, 0.3) is 0 Å². The maximum atomic E-state index is 5.60. The molecule has 2 heteroatoms. The lowest BCUT2D eigenvalue weighted by Crippen LogP contribution is -2.44. The molecule has 2 aliphatic rings. The average Bonchev–Trinajstić information content (AvgIpc) is 2.08. The minimum Gasteiger partial charge on any atom is -0.375 e. The minimum atomic E-state index is 0.323. The molecule has 2 saturated heterocycles. The van der Waals surface area contributed by atoms with E-state index in [1.54, 1.807) is 0 Å². The van der Waals surface area contributed by atoms with E-state index in [1.165, 1.54) is 32.2 Å². The third-order valence-electron chi connectivity index (χ3n) is 2.71. The summed E-state index contributed by atoms with van der Waals surface area (Å²) in [6, 6.07) is 0. The lowest BCUT2D eigenvalue weighted by atomic mass is 9.87. The molecule has 1 atom stereocenters. The third kappa shape index (κ3) is 1.06. The number of rotatable bonds is 0. The lowest BCUT2D eigenvalue weighted by molar-refractivity contribution is -0.152. The minimum absolute atomic E-state index is 0.323. The standard InChI is InChI=1S/C8H15NO/c1-2-8(4-7-10-8)3-6-9-5-1/h9H,1-7H2. The highest BCUT2D eigenvalue weighted by Gasteiger charge is 2.37. The SMILES string of the molecule is C1CNCCC2(C1)CCO2. The van der Waals surface area contributed by atoms with Crippen LogP contribution in [0.4, 0.5) is 0 Å². The lowest BCUT2D eigenvalue weighted by Gasteiger charge is -2.41. The Bertz CT molecular complexity index is 110. The molecule has 0 aromatic carbocycles. The molecule has 1 spiro atoms. The summed E-state index contributed by atoms with van der Waals surface area (Å²) in [5.74, 6) is 0. The van der Waals surface area contributed by atoms with Crippen molar-refractivity contribution in [2.75, 3.05) is 19.7 Å². The quantitative estimate of drug-likeness (QED) is 0.541. The van der Waals surface area contributed by atoms with Gasteiger partial charge >= 0.3 is 0 Å². The maximum Gasteiger partial charge on any atom is 0.0717 e. The van der Waals surface area contributed by atoms with Crippen LogP contribution in [-0.2, 0) is 4.74 Å². The molecule has 0 aromatic rings. The van der Waals surface area contributed by atoms with E-state index < -0.39 is 0 Å². The second kappa shape index (κ2) is 2.51. The predicted octanol–water partition coefficient (Wildman–Crippen LogP) is 0.919. The maximum absolute atomic E-state index is 5.60. The summed E-state index contributed by atoms with van der Waals surface area (Å²) in [5.41, 5.74) is 0.323. The molecule has 1 N–H and O–H groups in total. The van der Waals surface area contributed by atoms with Crippen molar-refractivity contribution in [3.63, 3.8) is 0 Å². The molecular weight excluding hydrogens is 126 g/mol. The Morgan fingerprint density at radius 2 is 2.00 bits per heavy atom. The van der Waals surface area contributed by atoms with Crippen LogP contribution in [0.15, 0.2) is 0 Å². The van der Waals surface area contributed by atoms with Gasteiger partial charge in [-0.2, -0.15) is 0 Å². The van der Waals surface area contributed by atoms with E-state index in [4.69, 9.17) is 4.74 Å². The van der Waals surface area contributed by atoms with Crippen molar-refractivity contribution in [1.82, 2.24) is 5.32 Å². The molecule has 2 aliphatic heterocycles. The van der Waals surface area contributed by atoms with Crippen molar-refractivity contribution >= 4 is 0 Å². The van der Waals surface area contributed by atoms with Gasteiger partial charge in [0, 0.05) is 0 Å². The van der Waals surface area contributed by atoms with E-state index in [1.807, 2.05) is 0 Å². The summed E-state index contributed by atoms with van der Waals surface area (Å²) in [7, 11) is 0. The first-order chi connectivity index (χ1) is 4.91. The zero-order valence-corrected chi connectivity index (χ0v) is 6.36. The van der Waals surface area contributed by atoms with E-state index in [2.05, 4.69) is 5.32 Å². The van der Waals surface area contributed by atoms with Crippen molar-refractivity contribution < 1.29 is 4.74 Å². The van der Waals surface area contributed by atoms with Gasteiger partial charge in [-0.3, -0.25) is 0 Å². The zero-order chi connectivity index (χ0) is 6.86. The summed E-state index contributed by atoms with van der Waals surface area (Å²) in [4.78, 5) is 0. The summed E-state index contributed by atoms with van der Waals surface area (Å²) in [5, 5.41) is 3.39. The Morgan fingerprint density at radius 3 is 2.70 bits per heavy atom. The van der Waals surface area contributed by atoms with Gasteiger partial charge in [-0.1, -0.05) is 0 Å². The van der Waals surface area contributed by atoms with Crippen LogP contribution in [0.3, 0.4) is 0 Å². The number of nitrogens with one attached hydrogen (secondary N) is 1. The van der Waals surface area contributed by atoms with Crippen molar-refractivity contribution in [2.24, 2.45) is 0 Å². The van der Waals surface area contributed by atoms with Crippen molar-refractivity contribution in [3.8, 4) is 0 Å². The third-order valence-corrected chi connectivity index (χ3v) is 2.71. The Balaban J connectivity index is 1.92. The highest BCUT2D eigenvalue weighted by atomic mass is 16.5. The van der Waals surface area contributed by atoms with Crippen LogP contribution in [-0.4, -0.2) is 25.3 Å². The highest BCUT2D eigenvalue weighted by Crippen LogP contribution is 2.35. The fraction of sp³-hybridized carbons (Fsp3) is 1.00. The fourth-order valence-electron chi connectivity index (χ4n) is 1.89. The van der Waals surface area contributed by atoms with Crippen molar-refractivity contribution in [3.05, 3.63) is 0 Å². The summed E-state index contributed by atoms with van der Waals surface area (Å²) >= 11 is 0. The smallest absolute Gasteiger partial charge is 0.0717 e. The monoisotopic (exact) mass is 141 g/mol. The van der Waals surface area contributed by atoms with Crippen molar-refractivity contribution in [2.45, 2.75) is 31.3 Å². The molecule has 0 radical (unpaired) electrons. The van der Waals surface area contributed by atoms with Crippen LogP contribution < -0.4 is 5.32 Å². The molecule has 2 heterocycles. The molecular formula is C8H15NO. The van der Waals surface area contributed by atoms with Gasteiger partial charge in [0.15, 0.2) is 0 Å². The van der Waals surface area contributed by atoms with E-state index in [0.29, 0.717) is 5.60 Å². The second-order valence-electron chi connectivity index (χ2n) is 3.39. The molecule has 2 rings (SSSR count). The van der Waals surface area contributed by atoms with E-state index in [0.717, 1.165) is 13.2 Å². The Hall–Kier alpha value is -0.0800. The Morgan fingerprint density at radius 1 is 1.10 bits per heavy atom. The van der Waals surface area contributed by atoms with E-state index in [-0.39, 0.29) is 0 Å². The van der Waals surface area contributed by atoms with Crippen LogP contribution in [0.1, 0.15) is 25.7 Å². The van der Waals surface area contributed by atoms with Gasteiger partial charge in [-0.05, 0) is 38.8 Å². The average molecular weight is 141 g/mol. The van der Waals surface area contributed by atoms with Crippen LogP contribution in [0.5, 0.6) is 0 Å². The van der Waals surface area contributed by atoms with Crippen molar-refractivity contribution in [1.29, 1.82) is 0 Å². The highest BCUT2D eigenvalue weighted by molar-refractivity contribution is 4.89. The van der Waals surface area contributed by atoms with Gasteiger partial charge in [0.25, 0.3) is 0 Å². The summed E-state index contributed by atoms with van der Waals surface area (Å²) in [6.07, 6.45) is 5.10. The summed E-state index contributed by atoms with van der Waals surface area (Å²) < 4.78 is 5.60.